The molecule has 0 bridgehead atoms. The van der Waals surface area contributed by atoms with Crippen molar-refractivity contribution < 1.29 is 5.11 Å². The molecule has 100 valence electrons. The van der Waals surface area contributed by atoms with Gasteiger partial charge in [-0.3, -0.25) is 0 Å². The van der Waals surface area contributed by atoms with E-state index in [1.807, 2.05) is 39.8 Å². The summed E-state index contributed by atoms with van der Waals surface area (Å²) in [6.07, 6.45) is 0. The van der Waals surface area contributed by atoms with Gasteiger partial charge in [0, 0.05) is 7.11 Å². The molecule has 1 heteroatoms. The third-order valence-corrected chi connectivity index (χ3v) is 1.88. The van der Waals surface area contributed by atoms with E-state index in [1.54, 1.807) is 0 Å². The molecule has 0 radical (unpaired) electrons. The van der Waals surface area contributed by atoms with Crippen LogP contribution in [0, 0.1) is 0 Å². The molecule has 0 saturated carbocycles. The normalized spacial score (nSPS) is 7.44. The number of benzene rings is 2. The molecule has 0 amide bonds. The van der Waals surface area contributed by atoms with E-state index in [0.717, 1.165) is 7.11 Å². The SMILES string of the molecule is CC.CC.CO.c1ccc(-c2ccccc2)cc1. The highest BCUT2D eigenvalue weighted by Crippen LogP contribution is 2.17. The summed E-state index contributed by atoms with van der Waals surface area (Å²) in [4.78, 5) is 0. The lowest BCUT2D eigenvalue weighted by Gasteiger charge is -1.98. The maximum Gasteiger partial charge on any atom is 0.0319 e. The molecule has 18 heavy (non-hydrogen) atoms. The summed E-state index contributed by atoms with van der Waals surface area (Å²) in [7, 11) is 1.00. The van der Waals surface area contributed by atoms with E-state index in [2.05, 4.69) is 48.5 Å². The van der Waals surface area contributed by atoms with Crippen LogP contribution in [0.4, 0.5) is 0 Å². The summed E-state index contributed by atoms with van der Waals surface area (Å²) >= 11 is 0. The molecule has 0 atom stereocenters. The molecule has 0 aromatic heterocycles. The van der Waals surface area contributed by atoms with Gasteiger partial charge in [0.2, 0.25) is 0 Å². The molecule has 0 spiro atoms. The first-order valence-corrected chi connectivity index (χ1v) is 6.52. The highest BCUT2D eigenvalue weighted by atomic mass is 16.2. The Morgan fingerprint density at radius 3 is 0.944 bits per heavy atom. The zero-order valence-corrected chi connectivity index (χ0v) is 12.2. The van der Waals surface area contributed by atoms with Crippen molar-refractivity contribution in [3.05, 3.63) is 60.7 Å². The van der Waals surface area contributed by atoms with Gasteiger partial charge in [-0.2, -0.15) is 0 Å². The Labute approximate surface area is 112 Å². The molecule has 1 N–H and O–H groups in total. The van der Waals surface area contributed by atoms with Crippen LogP contribution in [0.15, 0.2) is 60.7 Å². The van der Waals surface area contributed by atoms with E-state index in [9.17, 15) is 0 Å². The van der Waals surface area contributed by atoms with E-state index < -0.39 is 0 Å². The molecule has 0 aliphatic heterocycles. The third-order valence-electron chi connectivity index (χ3n) is 1.88. The summed E-state index contributed by atoms with van der Waals surface area (Å²) in [5.74, 6) is 0. The van der Waals surface area contributed by atoms with E-state index in [0.29, 0.717) is 0 Å². The quantitative estimate of drug-likeness (QED) is 0.749. The minimum absolute atomic E-state index is 1.00. The Morgan fingerprint density at radius 2 is 0.722 bits per heavy atom. The van der Waals surface area contributed by atoms with Crippen LogP contribution in [0.1, 0.15) is 27.7 Å². The van der Waals surface area contributed by atoms with Gasteiger partial charge in [0.25, 0.3) is 0 Å². The second kappa shape index (κ2) is 15.4. The predicted octanol–water partition coefficient (Wildman–Crippen LogP) is 5.01. The molecule has 2 rings (SSSR count). The summed E-state index contributed by atoms with van der Waals surface area (Å²) in [5, 5.41) is 7.00. The van der Waals surface area contributed by atoms with Crippen molar-refractivity contribution in [3.63, 3.8) is 0 Å². The molecule has 1 nitrogen and oxygen atoms in total. The number of hydrogen-bond donors (Lipinski definition) is 1. The zero-order chi connectivity index (χ0) is 14.2. The highest BCUT2D eigenvalue weighted by molar-refractivity contribution is 5.62. The van der Waals surface area contributed by atoms with E-state index in [-0.39, 0.29) is 0 Å². The third kappa shape index (κ3) is 7.64. The Bertz CT molecular complexity index is 303. The van der Waals surface area contributed by atoms with Crippen molar-refractivity contribution in [2.45, 2.75) is 27.7 Å². The van der Waals surface area contributed by atoms with Crippen molar-refractivity contribution in [3.8, 4) is 11.1 Å². The average molecular weight is 246 g/mol. The smallest absolute Gasteiger partial charge is 0.0319 e. The van der Waals surface area contributed by atoms with Gasteiger partial charge in [0.15, 0.2) is 0 Å². The largest absolute Gasteiger partial charge is 0.400 e. The number of aliphatic hydroxyl groups is 1. The molecule has 2 aromatic carbocycles. The summed E-state index contributed by atoms with van der Waals surface area (Å²) in [6.45, 7) is 8.00. The van der Waals surface area contributed by atoms with Crippen LogP contribution in [0.25, 0.3) is 11.1 Å². The first-order chi connectivity index (χ1) is 8.97. The van der Waals surface area contributed by atoms with Crippen LogP contribution in [-0.2, 0) is 0 Å². The fraction of sp³-hybridized carbons (Fsp3) is 0.294. The first-order valence-electron chi connectivity index (χ1n) is 6.52. The van der Waals surface area contributed by atoms with Crippen LogP contribution in [0.5, 0.6) is 0 Å². The molecule has 0 aliphatic carbocycles. The lowest BCUT2D eigenvalue weighted by molar-refractivity contribution is 0.399. The number of aliphatic hydroxyl groups excluding tert-OH is 1. The predicted molar refractivity (Wildman–Crippen MR) is 82.7 cm³/mol. The Kier molecular flexibility index (Phi) is 16.0. The minimum atomic E-state index is 1.00. The second-order valence-corrected chi connectivity index (χ2v) is 2.73. The van der Waals surface area contributed by atoms with Crippen LogP contribution in [0.3, 0.4) is 0 Å². The first kappa shape index (κ1) is 18.8. The van der Waals surface area contributed by atoms with Crippen molar-refractivity contribution in [1.29, 1.82) is 0 Å². The molecule has 0 fully saturated rings. The van der Waals surface area contributed by atoms with Crippen LogP contribution in [-0.4, -0.2) is 12.2 Å². The van der Waals surface area contributed by atoms with E-state index in [4.69, 9.17) is 5.11 Å². The average Bonchev–Trinajstić information content (AvgIpc) is 2.55. The fourth-order valence-corrected chi connectivity index (χ4v) is 1.26. The van der Waals surface area contributed by atoms with Gasteiger partial charge in [-0.25, -0.2) is 0 Å². The molecule has 0 heterocycles. The molecule has 2 aromatic rings. The molecule has 0 unspecified atom stereocenters. The number of rotatable bonds is 1. The summed E-state index contributed by atoms with van der Waals surface area (Å²) in [5.41, 5.74) is 2.55. The molecule has 0 aliphatic rings. The van der Waals surface area contributed by atoms with Gasteiger partial charge in [-0.15, -0.1) is 0 Å². The van der Waals surface area contributed by atoms with Crippen molar-refractivity contribution in [2.24, 2.45) is 0 Å². The Morgan fingerprint density at radius 1 is 0.500 bits per heavy atom. The summed E-state index contributed by atoms with van der Waals surface area (Å²) < 4.78 is 0. The zero-order valence-electron chi connectivity index (χ0n) is 12.2. The summed E-state index contributed by atoms with van der Waals surface area (Å²) in [6, 6.07) is 20.8. The van der Waals surface area contributed by atoms with Crippen LogP contribution in [0.2, 0.25) is 0 Å². The lowest BCUT2D eigenvalue weighted by Crippen LogP contribution is -1.73. The molecule has 0 saturated heterocycles. The van der Waals surface area contributed by atoms with Gasteiger partial charge in [-0.05, 0) is 11.1 Å². The fourth-order valence-electron chi connectivity index (χ4n) is 1.26. The van der Waals surface area contributed by atoms with Gasteiger partial charge in [0.1, 0.15) is 0 Å². The standard InChI is InChI=1S/C12H10.2C2H6.CH4O/c1-3-7-11(8-4-1)12-9-5-2-6-10-12;3*1-2/h1-10H;2*1-2H3;2H,1H3. The second-order valence-electron chi connectivity index (χ2n) is 2.73. The Balaban J connectivity index is 0. The van der Waals surface area contributed by atoms with Crippen LogP contribution < -0.4 is 0 Å². The maximum absolute atomic E-state index is 7.00. The van der Waals surface area contributed by atoms with Gasteiger partial charge < -0.3 is 5.11 Å². The lowest BCUT2D eigenvalue weighted by atomic mass is 10.1. The molecular formula is C17H26O. The topological polar surface area (TPSA) is 20.2 Å². The van der Waals surface area contributed by atoms with E-state index >= 15 is 0 Å². The molecular weight excluding hydrogens is 220 g/mol. The maximum atomic E-state index is 7.00. The Hall–Kier alpha value is -1.60. The minimum Gasteiger partial charge on any atom is -0.400 e. The van der Waals surface area contributed by atoms with Gasteiger partial charge in [-0.1, -0.05) is 88.4 Å². The highest BCUT2D eigenvalue weighted by Gasteiger charge is 1.91. The monoisotopic (exact) mass is 246 g/mol. The van der Waals surface area contributed by atoms with Crippen molar-refractivity contribution >= 4 is 0 Å². The van der Waals surface area contributed by atoms with Crippen molar-refractivity contribution in [2.75, 3.05) is 7.11 Å². The van der Waals surface area contributed by atoms with Gasteiger partial charge in [0.05, 0.1) is 0 Å². The van der Waals surface area contributed by atoms with Crippen molar-refractivity contribution in [1.82, 2.24) is 0 Å². The van der Waals surface area contributed by atoms with E-state index in [1.165, 1.54) is 11.1 Å². The van der Waals surface area contributed by atoms with Crippen LogP contribution >= 0.6 is 0 Å². The van der Waals surface area contributed by atoms with Gasteiger partial charge >= 0.3 is 0 Å². The number of hydrogen-bond acceptors (Lipinski definition) is 1.